The van der Waals surface area contributed by atoms with Gasteiger partial charge in [-0.25, -0.2) is 4.79 Å². The number of allylic oxidation sites excluding steroid dienone is 5. The Labute approximate surface area is 695 Å². The quantitative estimate of drug-likeness (QED) is 0.0199. The third-order valence-corrected chi connectivity index (χ3v) is 23.6. The number of carboxylic acids is 1. The number of rotatable bonds is 76. The Balaban J connectivity index is 1.43. The van der Waals surface area contributed by atoms with Gasteiger partial charge in [-0.15, -0.1) is 0 Å². The molecule has 0 spiro atoms. The van der Waals surface area contributed by atoms with Gasteiger partial charge in [-0.2, -0.15) is 0 Å². The lowest BCUT2D eigenvalue weighted by atomic mass is 9.88. The molecule has 0 saturated carbocycles. The number of carboxylic acid groups (broad SMARTS) is 1. The Morgan fingerprint density at radius 1 is 0.461 bits per heavy atom. The number of carbonyl (C=O) groups excluding carboxylic acids is 2. The molecule has 0 aromatic rings. The normalized spacial score (nSPS) is 25.1. The molecule has 3 saturated heterocycles. The highest BCUT2D eigenvalue weighted by Gasteiger charge is 2.60. The third kappa shape index (κ3) is 47.8. The summed E-state index contributed by atoms with van der Waals surface area (Å²) in [6.45, 7) is 2.21. The number of aliphatic hydroxyl groups excluding tert-OH is 11. The van der Waals surface area contributed by atoms with Gasteiger partial charge in [0.15, 0.2) is 12.6 Å². The van der Waals surface area contributed by atoms with Gasteiger partial charge in [0.05, 0.1) is 50.7 Å². The van der Waals surface area contributed by atoms with Gasteiger partial charge in [-0.05, 0) is 51.4 Å². The Bertz CT molecular complexity index is 2410. The maximum atomic E-state index is 13.6. The number of ether oxygens (including phenoxy) is 6. The van der Waals surface area contributed by atoms with Gasteiger partial charge >= 0.3 is 5.97 Å². The van der Waals surface area contributed by atoms with E-state index < -0.39 is 155 Å². The van der Waals surface area contributed by atoms with E-state index in [2.05, 4.69) is 48.8 Å². The zero-order valence-corrected chi connectivity index (χ0v) is 72.2. The first-order chi connectivity index (χ1) is 55.9. The summed E-state index contributed by atoms with van der Waals surface area (Å²) >= 11 is 0. The molecule has 3 aliphatic heterocycles. The van der Waals surface area contributed by atoms with Crippen molar-refractivity contribution in [3.05, 3.63) is 36.5 Å². The van der Waals surface area contributed by atoms with Crippen LogP contribution < -0.4 is 10.6 Å². The number of unbranched alkanes of at least 4 members (excludes halogenated alkanes) is 52. The Morgan fingerprint density at radius 2 is 0.843 bits per heavy atom. The number of carbonyl (C=O) groups is 3. The van der Waals surface area contributed by atoms with E-state index in [1.165, 1.54) is 295 Å². The van der Waals surface area contributed by atoms with Crippen LogP contribution in [-0.2, 0) is 42.8 Å². The number of nitrogens with one attached hydrogen (secondary N) is 2. The maximum Gasteiger partial charge on any atom is 0.364 e. The van der Waals surface area contributed by atoms with Crippen LogP contribution >= 0.6 is 0 Å². The van der Waals surface area contributed by atoms with Crippen molar-refractivity contribution in [1.29, 1.82) is 0 Å². The summed E-state index contributed by atoms with van der Waals surface area (Å²) in [5.41, 5.74) is 0. The fourth-order valence-corrected chi connectivity index (χ4v) is 16.2. The topological polar surface area (TPSA) is 373 Å². The second kappa shape index (κ2) is 69.5. The molecule has 0 aliphatic carbocycles. The minimum absolute atomic E-state index is 0.202. The SMILES string of the molecule is CCCCCCCCCCCCCCC/C=C\C/C=C\CCCCCCCCCCCCCCCCCCCC(=O)NC(COC1OC(CO)C(OC2OC(CO)C(O)C(OC3(C(=O)O)CC(O)C(NC(C)=O)C(C(O)C(O)CO)O3)C2O)C(O)C1O)C(O)/C=C/CCCCCCCCCCCCCCCCCCCCCCCC. The Morgan fingerprint density at radius 3 is 1.23 bits per heavy atom. The van der Waals surface area contributed by atoms with E-state index in [4.69, 9.17) is 28.4 Å². The molecule has 23 nitrogen and oxygen atoms in total. The summed E-state index contributed by atoms with van der Waals surface area (Å²) in [4.78, 5) is 38.8. The highest BCUT2D eigenvalue weighted by molar-refractivity contribution is 5.77. The van der Waals surface area contributed by atoms with Gasteiger partial charge in [-0.3, -0.25) is 9.59 Å². The van der Waals surface area contributed by atoms with E-state index in [1.54, 1.807) is 6.08 Å². The Kier molecular flexibility index (Phi) is 64.1. The van der Waals surface area contributed by atoms with E-state index in [9.17, 15) is 75.7 Å². The lowest BCUT2D eigenvalue weighted by molar-refractivity contribution is -0.386. The van der Waals surface area contributed by atoms with Crippen LogP contribution in [0, 0.1) is 0 Å². The summed E-state index contributed by atoms with van der Waals surface area (Å²) in [6.07, 6.45) is 54.9. The first kappa shape index (κ1) is 106. The van der Waals surface area contributed by atoms with E-state index in [0.29, 0.717) is 12.8 Å². The van der Waals surface area contributed by atoms with Crippen molar-refractivity contribution >= 4 is 17.8 Å². The molecular formula is C92H170N2O21. The van der Waals surface area contributed by atoms with Crippen molar-refractivity contribution in [3.63, 3.8) is 0 Å². The Hall–Kier alpha value is -3.05. The second-order valence-corrected chi connectivity index (χ2v) is 33.9. The van der Waals surface area contributed by atoms with Crippen LogP contribution in [0.25, 0.3) is 0 Å². The third-order valence-electron chi connectivity index (χ3n) is 23.6. The molecule has 3 aliphatic rings. The van der Waals surface area contributed by atoms with Crippen LogP contribution in [0.4, 0.5) is 0 Å². The van der Waals surface area contributed by atoms with Gasteiger partial charge in [0.2, 0.25) is 11.8 Å². The lowest BCUT2D eigenvalue weighted by Gasteiger charge is -2.50. The summed E-state index contributed by atoms with van der Waals surface area (Å²) in [6, 6.07) is -2.62. The number of aliphatic carboxylic acids is 1. The van der Waals surface area contributed by atoms with Crippen molar-refractivity contribution < 1.29 is 104 Å². The van der Waals surface area contributed by atoms with Crippen molar-refractivity contribution in [3.8, 4) is 0 Å². The molecule has 23 heteroatoms. The van der Waals surface area contributed by atoms with E-state index >= 15 is 0 Å². The molecule has 0 aromatic heterocycles. The zero-order valence-electron chi connectivity index (χ0n) is 72.2. The number of aliphatic hydroxyl groups is 11. The van der Waals surface area contributed by atoms with Gasteiger partial charge in [0.1, 0.15) is 67.1 Å². The molecule has 0 radical (unpaired) electrons. The fourth-order valence-electron chi connectivity index (χ4n) is 16.2. The van der Waals surface area contributed by atoms with Crippen molar-refractivity contribution in [2.75, 3.05) is 26.4 Å². The molecule has 3 fully saturated rings. The smallest absolute Gasteiger partial charge is 0.364 e. The fraction of sp³-hybridized carbons (Fsp3) is 0.902. The average molecular weight is 1640 g/mol. The van der Waals surface area contributed by atoms with E-state index in [-0.39, 0.29) is 12.3 Å². The van der Waals surface area contributed by atoms with Crippen LogP contribution in [0.1, 0.15) is 393 Å². The minimum Gasteiger partial charge on any atom is -0.477 e. The van der Waals surface area contributed by atoms with E-state index in [0.717, 1.165) is 58.3 Å². The highest BCUT2D eigenvalue weighted by Crippen LogP contribution is 2.39. The number of amides is 2. The molecule has 18 atom stereocenters. The van der Waals surface area contributed by atoms with Gasteiger partial charge in [-0.1, -0.05) is 359 Å². The van der Waals surface area contributed by atoms with Crippen LogP contribution in [-0.4, -0.2) is 215 Å². The molecule has 3 heterocycles. The summed E-state index contributed by atoms with van der Waals surface area (Å²) in [7, 11) is 0. The van der Waals surface area contributed by atoms with Gasteiger partial charge in [0.25, 0.3) is 5.79 Å². The molecule has 0 bridgehead atoms. The second-order valence-electron chi connectivity index (χ2n) is 33.9. The number of hydrogen-bond donors (Lipinski definition) is 14. The predicted octanol–water partition coefficient (Wildman–Crippen LogP) is 15.6. The van der Waals surface area contributed by atoms with Crippen LogP contribution in [0.15, 0.2) is 36.5 Å². The predicted molar refractivity (Wildman–Crippen MR) is 454 cm³/mol. The van der Waals surface area contributed by atoms with Crippen LogP contribution in [0.3, 0.4) is 0 Å². The maximum absolute atomic E-state index is 13.6. The van der Waals surface area contributed by atoms with Crippen molar-refractivity contribution in [1.82, 2.24) is 10.6 Å². The number of hydrogen-bond acceptors (Lipinski definition) is 20. The molecular weight excluding hydrogens is 1470 g/mol. The van der Waals surface area contributed by atoms with E-state index in [1.807, 2.05) is 6.08 Å². The zero-order chi connectivity index (χ0) is 83.8. The van der Waals surface area contributed by atoms with Crippen molar-refractivity contribution in [2.45, 2.75) is 503 Å². The summed E-state index contributed by atoms with van der Waals surface area (Å²) in [5, 5.41) is 137. The van der Waals surface area contributed by atoms with Crippen LogP contribution in [0.5, 0.6) is 0 Å². The molecule has 0 aromatic carbocycles. The van der Waals surface area contributed by atoms with Crippen LogP contribution in [0.2, 0.25) is 0 Å². The monoisotopic (exact) mass is 1640 g/mol. The molecule has 18 unspecified atom stereocenters. The van der Waals surface area contributed by atoms with Gasteiger partial charge < -0.3 is 100 Å². The molecule has 2 amide bonds. The largest absolute Gasteiger partial charge is 0.477 e. The molecule has 115 heavy (non-hydrogen) atoms. The summed E-state index contributed by atoms with van der Waals surface area (Å²) < 4.78 is 35.0. The first-order valence-electron chi connectivity index (χ1n) is 46.9. The van der Waals surface area contributed by atoms with Crippen molar-refractivity contribution in [2.24, 2.45) is 0 Å². The standard InChI is InChI=1S/C92H170N2O21/c1-4-6-8-10-12-14-16-18-20-22-24-26-28-30-31-32-33-34-35-36-37-38-39-40-41-42-44-46-48-50-52-54-56-58-60-62-64-66-79(102)94-73(74(99)65-63-61-59-57-55-53-51-49-47-45-43-29-27-25-23-21-19-17-15-13-11-9-7-5-2)71-110-89-84(106)83(105)86(78(70-97)112-89)113-90-85(107)88(82(104)77(69-96)111-90)115-92(91(108)109)67-75(100)80(93-72(3)98)87(114-92)81(103)76(101)68-95/h31-32,34-35,63,65,73-78,80-90,95-97,99-101,103-107H,4-30,33,36-62,64,66-71H2,1-3H3,(H,93,98)(H,94,102)(H,108,109)/b32-31-,35-34-,65-63+. The molecule has 674 valence electrons. The molecule has 3 rings (SSSR count). The van der Waals surface area contributed by atoms with Gasteiger partial charge in [0, 0.05) is 19.8 Å². The average Bonchev–Trinajstić information content (AvgIpc) is 0.747. The first-order valence-corrected chi connectivity index (χ1v) is 46.9. The molecule has 14 N–H and O–H groups in total. The highest BCUT2D eigenvalue weighted by atomic mass is 16.8. The lowest BCUT2D eigenvalue weighted by Crippen LogP contribution is -2.70. The summed E-state index contributed by atoms with van der Waals surface area (Å²) in [5.74, 6) is -6.13. The minimum atomic E-state index is -3.09.